The van der Waals surface area contributed by atoms with E-state index in [4.69, 9.17) is 0 Å². The first-order chi connectivity index (χ1) is 9.70. The molecule has 0 saturated carbocycles. The van der Waals surface area contributed by atoms with E-state index in [1.165, 1.54) is 0 Å². The molecule has 5 heteroatoms. The third-order valence-corrected chi connectivity index (χ3v) is 3.64. The Morgan fingerprint density at radius 2 is 1.90 bits per heavy atom. The summed E-state index contributed by atoms with van der Waals surface area (Å²) in [7, 11) is 3.89. The van der Waals surface area contributed by atoms with E-state index < -0.39 is 6.04 Å². The predicted octanol–water partition coefficient (Wildman–Crippen LogP) is 1.63. The fourth-order valence-corrected chi connectivity index (χ4v) is 2.39. The van der Waals surface area contributed by atoms with E-state index in [2.05, 4.69) is 5.32 Å². The lowest BCUT2D eigenvalue weighted by molar-refractivity contribution is -0.133. The summed E-state index contributed by atoms with van der Waals surface area (Å²) in [6.45, 7) is 5.93. The molecule has 1 fully saturated rings. The molecule has 21 heavy (non-hydrogen) atoms. The van der Waals surface area contributed by atoms with Crippen LogP contribution in [-0.4, -0.2) is 38.5 Å². The lowest BCUT2D eigenvalue weighted by atomic mass is 9.84. The molecule has 5 nitrogen and oxygen atoms in total. The summed E-state index contributed by atoms with van der Waals surface area (Å²) >= 11 is 0. The molecule has 1 atom stereocenters. The van der Waals surface area contributed by atoms with Crippen LogP contribution in [0.1, 0.15) is 20.8 Å². The maximum atomic E-state index is 12.7. The molecule has 1 aromatic rings. The van der Waals surface area contributed by atoms with Crippen LogP contribution in [0.5, 0.6) is 0 Å². The fourth-order valence-electron chi connectivity index (χ4n) is 2.39. The number of nitrogens with zero attached hydrogens (tertiary/aromatic N) is 2. The van der Waals surface area contributed by atoms with Crippen molar-refractivity contribution in [2.75, 3.05) is 30.4 Å². The summed E-state index contributed by atoms with van der Waals surface area (Å²) in [6, 6.07) is 7.16. The van der Waals surface area contributed by atoms with E-state index in [0.717, 1.165) is 11.4 Å². The average molecular weight is 289 g/mol. The van der Waals surface area contributed by atoms with Gasteiger partial charge >= 0.3 is 0 Å². The highest BCUT2D eigenvalue weighted by Crippen LogP contribution is 2.28. The molecule has 2 rings (SSSR count). The lowest BCUT2D eigenvalue weighted by Crippen LogP contribution is -2.62. The maximum Gasteiger partial charge on any atom is 0.250 e. The highest BCUT2D eigenvalue weighted by Gasteiger charge is 2.40. The van der Waals surface area contributed by atoms with Crippen molar-refractivity contribution in [2.24, 2.45) is 5.41 Å². The van der Waals surface area contributed by atoms with Crippen molar-refractivity contribution in [3.05, 3.63) is 24.3 Å². The second kappa shape index (κ2) is 5.39. The zero-order valence-corrected chi connectivity index (χ0v) is 13.3. The van der Waals surface area contributed by atoms with Gasteiger partial charge in [0.1, 0.15) is 12.6 Å². The molecule has 1 aromatic carbocycles. The van der Waals surface area contributed by atoms with Gasteiger partial charge < -0.3 is 15.1 Å². The monoisotopic (exact) mass is 289 g/mol. The Labute approximate surface area is 125 Å². The number of hydrogen-bond donors (Lipinski definition) is 1. The number of amides is 2. The van der Waals surface area contributed by atoms with Gasteiger partial charge in [-0.15, -0.1) is 0 Å². The number of carbonyl (C=O) groups is 2. The molecular weight excluding hydrogens is 266 g/mol. The van der Waals surface area contributed by atoms with Gasteiger partial charge in [0.25, 0.3) is 5.91 Å². The maximum absolute atomic E-state index is 12.7. The molecule has 0 radical (unpaired) electrons. The van der Waals surface area contributed by atoms with E-state index in [0.29, 0.717) is 0 Å². The molecular formula is C16H23N3O2. The summed E-state index contributed by atoms with van der Waals surface area (Å²) in [5, 5.41) is 2.80. The Morgan fingerprint density at radius 1 is 1.24 bits per heavy atom. The molecule has 2 amide bonds. The smallest absolute Gasteiger partial charge is 0.250 e. The van der Waals surface area contributed by atoms with E-state index in [1.54, 1.807) is 4.90 Å². The molecule has 1 aliphatic rings. The topological polar surface area (TPSA) is 52.6 Å². The Balaban J connectivity index is 2.36. The zero-order chi connectivity index (χ0) is 15.8. The number of rotatable bonds is 2. The second-order valence-corrected chi connectivity index (χ2v) is 6.71. The minimum atomic E-state index is -0.498. The van der Waals surface area contributed by atoms with Crippen molar-refractivity contribution in [1.82, 2.24) is 5.32 Å². The SMILES string of the molecule is CN(C)c1cccc(N2CC(=O)NC(C(C)(C)C)C2=O)c1. The molecule has 114 valence electrons. The standard InChI is InChI=1S/C16H23N3O2/c1-16(2,3)14-15(21)19(10-13(20)17-14)12-8-6-7-11(9-12)18(4)5/h6-9,14H,10H2,1-5H3,(H,17,20). The number of hydrogen-bond acceptors (Lipinski definition) is 3. The molecule has 1 unspecified atom stereocenters. The van der Waals surface area contributed by atoms with Gasteiger partial charge in [-0.25, -0.2) is 0 Å². The summed E-state index contributed by atoms with van der Waals surface area (Å²) in [4.78, 5) is 28.2. The van der Waals surface area contributed by atoms with Crippen LogP contribution in [0.3, 0.4) is 0 Å². The molecule has 0 spiro atoms. The van der Waals surface area contributed by atoms with Gasteiger partial charge in [-0.1, -0.05) is 26.8 Å². The number of anilines is 2. The van der Waals surface area contributed by atoms with Crippen molar-refractivity contribution in [3.8, 4) is 0 Å². The first kappa shape index (κ1) is 15.4. The Morgan fingerprint density at radius 3 is 2.48 bits per heavy atom. The van der Waals surface area contributed by atoms with Crippen LogP contribution < -0.4 is 15.1 Å². The van der Waals surface area contributed by atoms with Gasteiger partial charge in [0.15, 0.2) is 0 Å². The molecule has 1 N–H and O–H groups in total. The molecule has 0 aliphatic carbocycles. The summed E-state index contributed by atoms with van der Waals surface area (Å²) in [5.41, 5.74) is 1.44. The fraction of sp³-hybridized carbons (Fsp3) is 0.500. The van der Waals surface area contributed by atoms with E-state index in [-0.39, 0.29) is 23.8 Å². The number of benzene rings is 1. The second-order valence-electron chi connectivity index (χ2n) is 6.71. The van der Waals surface area contributed by atoms with Gasteiger partial charge in [-0.05, 0) is 23.6 Å². The quantitative estimate of drug-likeness (QED) is 0.900. The van der Waals surface area contributed by atoms with Crippen LogP contribution in [0.4, 0.5) is 11.4 Å². The van der Waals surface area contributed by atoms with E-state index in [1.807, 2.05) is 64.0 Å². The van der Waals surface area contributed by atoms with Gasteiger partial charge in [0.2, 0.25) is 5.91 Å². The zero-order valence-electron chi connectivity index (χ0n) is 13.3. The van der Waals surface area contributed by atoms with Crippen LogP contribution >= 0.6 is 0 Å². The van der Waals surface area contributed by atoms with Crippen LogP contribution in [0.15, 0.2) is 24.3 Å². The first-order valence-corrected chi connectivity index (χ1v) is 7.08. The van der Waals surface area contributed by atoms with E-state index in [9.17, 15) is 9.59 Å². The van der Waals surface area contributed by atoms with Crippen LogP contribution in [0, 0.1) is 5.41 Å². The number of carbonyl (C=O) groups excluding carboxylic acids is 2. The van der Waals surface area contributed by atoms with Crippen LogP contribution in [-0.2, 0) is 9.59 Å². The Hall–Kier alpha value is -2.04. The third-order valence-electron chi connectivity index (χ3n) is 3.64. The first-order valence-electron chi connectivity index (χ1n) is 7.08. The van der Waals surface area contributed by atoms with Gasteiger partial charge in [0, 0.05) is 25.5 Å². The van der Waals surface area contributed by atoms with Crippen molar-refractivity contribution in [1.29, 1.82) is 0 Å². The number of nitrogens with one attached hydrogen (secondary N) is 1. The Bertz CT molecular complexity index is 561. The van der Waals surface area contributed by atoms with Gasteiger partial charge in [0.05, 0.1) is 0 Å². The van der Waals surface area contributed by atoms with Crippen LogP contribution in [0.25, 0.3) is 0 Å². The normalized spacial score (nSPS) is 19.5. The molecule has 0 aromatic heterocycles. The average Bonchev–Trinajstić information content (AvgIpc) is 2.40. The van der Waals surface area contributed by atoms with Crippen molar-refractivity contribution in [3.63, 3.8) is 0 Å². The number of piperazine rings is 1. The summed E-state index contributed by atoms with van der Waals surface area (Å²) in [5.74, 6) is -0.178. The Kier molecular flexibility index (Phi) is 3.94. The lowest BCUT2D eigenvalue weighted by Gasteiger charge is -2.39. The van der Waals surface area contributed by atoms with Gasteiger partial charge in [-0.2, -0.15) is 0 Å². The third kappa shape index (κ3) is 3.17. The molecule has 0 bridgehead atoms. The van der Waals surface area contributed by atoms with Crippen molar-refractivity contribution in [2.45, 2.75) is 26.8 Å². The minimum Gasteiger partial charge on any atom is -0.378 e. The molecule has 1 heterocycles. The van der Waals surface area contributed by atoms with Crippen molar-refractivity contribution >= 4 is 23.2 Å². The molecule has 1 aliphatic heterocycles. The minimum absolute atomic E-state index is 0.0574. The predicted molar refractivity (Wildman–Crippen MR) is 84.5 cm³/mol. The highest BCUT2D eigenvalue weighted by atomic mass is 16.2. The largest absolute Gasteiger partial charge is 0.378 e. The highest BCUT2D eigenvalue weighted by molar-refractivity contribution is 6.07. The summed E-state index contributed by atoms with van der Waals surface area (Å²) < 4.78 is 0. The van der Waals surface area contributed by atoms with E-state index >= 15 is 0 Å². The van der Waals surface area contributed by atoms with Crippen molar-refractivity contribution < 1.29 is 9.59 Å². The summed E-state index contributed by atoms with van der Waals surface area (Å²) in [6.07, 6.45) is 0. The van der Waals surface area contributed by atoms with Gasteiger partial charge in [-0.3, -0.25) is 9.59 Å². The molecule has 1 saturated heterocycles. The van der Waals surface area contributed by atoms with Crippen LogP contribution in [0.2, 0.25) is 0 Å².